The van der Waals surface area contributed by atoms with Gasteiger partial charge in [0.15, 0.2) is 0 Å². The molecule has 4 rings (SSSR count). The summed E-state index contributed by atoms with van der Waals surface area (Å²) in [5, 5.41) is 3.47. The SMILES string of the molecule is Cc1ccc(C2(CC3COc4ccccc43)CNC2)cc1. The van der Waals surface area contributed by atoms with Crippen LogP contribution in [0.3, 0.4) is 0 Å². The van der Waals surface area contributed by atoms with Gasteiger partial charge in [0.2, 0.25) is 0 Å². The third kappa shape index (κ3) is 2.14. The molecule has 1 fully saturated rings. The fourth-order valence-corrected chi connectivity index (χ4v) is 3.67. The number of aryl methyl sites for hydroxylation is 1. The second kappa shape index (κ2) is 4.88. The average molecular weight is 279 g/mol. The first-order valence-electron chi connectivity index (χ1n) is 7.76. The Morgan fingerprint density at radius 1 is 1.10 bits per heavy atom. The predicted molar refractivity (Wildman–Crippen MR) is 85.0 cm³/mol. The Morgan fingerprint density at radius 3 is 2.57 bits per heavy atom. The Morgan fingerprint density at radius 2 is 1.86 bits per heavy atom. The van der Waals surface area contributed by atoms with Gasteiger partial charge in [0.1, 0.15) is 5.75 Å². The molecule has 2 aliphatic rings. The summed E-state index contributed by atoms with van der Waals surface area (Å²) in [5.74, 6) is 1.60. The molecule has 0 amide bonds. The zero-order valence-electron chi connectivity index (χ0n) is 12.4. The van der Waals surface area contributed by atoms with Crippen molar-refractivity contribution < 1.29 is 4.74 Å². The van der Waals surface area contributed by atoms with E-state index in [9.17, 15) is 0 Å². The van der Waals surface area contributed by atoms with Crippen molar-refractivity contribution in [2.24, 2.45) is 0 Å². The topological polar surface area (TPSA) is 21.3 Å². The molecule has 108 valence electrons. The number of nitrogens with one attached hydrogen (secondary N) is 1. The molecule has 2 aromatic rings. The molecule has 2 aliphatic heterocycles. The minimum Gasteiger partial charge on any atom is -0.493 e. The van der Waals surface area contributed by atoms with Crippen molar-refractivity contribution in [3.63, 3.8) is 0 Å². The number of benzene rings is 2. The fraction of sp³-hybridized carbons (Fsp3) is 0.368. The van der Waals surface area contributed by atoms with Crippen LogP contribution in [0.25, 0.3) is 0 Å². The molecule has 1 saturated heterocycles. The van der Waals surface area contributed by atoms with Gasteiger partial charge >= 0.3 is 0 Å². The van der Waals surface area contributed by atoms with Crippen LogP contribution >= 0.6 is 0 Å². The third-order valence-corrected chi connectivity index (χ3v) is 5.03. The van der Waals surface area contributed by atoms with E-state index in [1.165, 1.54) is 23.1 Å². The molecule has 1 unspecified atom stereocenters. The van der Waals surface area contributed by atoms with Crippen LogP contribution in [0.1, 0.15) is 29.0 Å². The maximum Gasteiger partial charge on any atom is 0.122 e. The minimum absolute atomic E-state index is 0.277. The molecular formula is C19H21NO. The highest BCUT2D eigenvalue weighted by Gasteiger charge is 2.42. The predicted octanol–water partition coefficient (Wildman–Crippen LogP) is 3.40. The molecule has 2 nitrogen and oxygen atoms in total. The molecule has 2 aromatic carbocycles. The van der Waals surface area contributed by atoms with Gasteiger partial charge in [-0.05, 0) is 25.0 Å². The summed E-state index contributed by atoms with van der Waals surface area (Å²) in [6, 6.07) is 17.6. The smallest absolute Gasteiger partial charge is 0.122 e. The monoisotopic (exact) mass is 279 g/mol. The van der Waals surface area contributed by atoms with E-state index < -0.39 is 0 Å². The largest absolute Gasteiger partial charge is 0.493 e. The van der Waals surface area contributed by atoms with Gasteiger partial charge in [0.05, 0.1) is 6.61 Å². The highest BCUT2D eigenvalue weighted by molar-refractivity contribution is 5.41. The molecule has 2 heterocycles. The molecule has 0 spiro atoms. The highest BCUT2D eigenvalue weighted by Crippen LogP contribution is 2.43. The Balaban J connectivity index is 1.62. The second-order valence-corrected chi connectivity index (χ2v) is 6.50. The zero-order valence-corrected chi connectivity index (χ0v) is 12.4. The molecule has 0 radical (unpaired) electrons. The van der Waals surface area contributed by atoms with Crippen molar-refractivity contribution in [3.8, 4) is 5.75 Å². The summed E-state index contributed by atoms with van der Waals surface area (Å²) in [6.07, 6.45) is 1.17. The first-order chi connectivity index (χ1) is 10.3. The number of rotatable bonds is 3. The lowest BCUT2D eigenvalue weighted by molar-refractivity contribution is 0.221. The van der Waals surface area contributed by atoms with Gasteiger partial charge in [-0.15, -0.1) is 0 Å². The highest BCUT2D eigenvalue weighted by atomic mass is 16.5. The molecular weight excluding hydrogens is 258 g/mol. The van der Waals surface area contributed by atoms with Crippen molar-refractivity contribution in [2.75, 3.05) is 19.7 Å². The molecule has 0 aromatic heterocycles. The standard InChI is InChI=1S/C19H21NO/c1-14-6-8-16(9-7-14)19(12-20-13-19)10-15-11-21-18-5-3-2-4-17(15)18/h2-9,15,20H,10-13H2,1H3. The average Bonchev–Trinajstić information content (AvgIpc) is 2.87. The molecule has 0 saturated carbocycles. The van der Waals surface area contributed by atoms with Crippen molar-refractivity contribution in [2.45, 2.75) is 24.7 Å². The van der Waals surface area contributed by atoms with E-state index in [0.29, 0.717) is 5.92 Å². The lowest BCUT2D eigenvalue weighted by Gasteiger charge is -2.45. The van der Waals surface area contributed by atoms with Crippen molar-refractivity contribution in [1.29, 1.82) is 0 Å². The van der Waals surface area contributed by atoms with Crippen molar-refractivity contribution >= 4 is 0 Å². The van der Waals surface area contributed by atoms with E-state index in [1.54, 1.807) is 0 Å². The van der Waals surface area contributed by atoms with Crippen LogP contribution in [0.2, 0.25) is 0 Å². The molecule has 0 aliphatic carbocycles. The molecule has 1 N–H and O–H groups in total. The normalized spacial score (nSPS) is 22.2. The van der Waals surface area contributed by atoms with Gasteiger partial charge in [-0.3, -0.25) is 0 Å². The van der Waals surface area contributed by atoms with E-state index >= 15 is 0 Å². The van der Waals surface area contributed by atoms with E-state index in [-0.39, 0.29) is 5.41 Å². The Labute approximate surface area is 126 Å². The van der Waals surface area contributed by atoms with Gasteiger partial charge in [-0.1, -0.05) is 48.0 Å². The van der Waals surface area contributed by atoms with Gasteiger partial charge in [0.25, 0.3) is 0 Å². The number of hydrogen-bond acceptors (Lipinski definition) is 2. The van der Waals surface area contributed by atoms with Gasteiger partial charge in [-0.25, -0.2) is 0 Å². The first-order valence-corrected chi connectivity index (χ1v) is 7.76. The molecule has 1 atom stereocenters. The number of ether oxygens (including phenoxy) is 1. The van der Waals surface area contributed by atoms with E-state index in [2.05, 4.69) is 60.8 Å². The summed E-state index contributed by atoms with van der Waals surface area (Å²) in [6.45, 7) is 5.13. The summed E-state index contributed by atoms with van der Waals surface area (Å²) < 4.78 is 5.86. The lowest BCUT2D eigenvalue weighted by atomic mass is 9.68. The molecule has 21 heavy (non-hydrogen) atoms. The summed E-state index contributed by atoms with van der Waals surface area (Å²) in [7, 11) is 0. The first kappa shape index (κ1) is 12.9. The van der Waals surface area contributed by atoms with Crippen LogP contribution in [0.5, 0.6) is 5.75 Å². The third-order valence-electron chi connectivity index (χ3n) is 5.03. The van der Waals surface area contributed by atoms with Crippen LogP contribution < -0.4 is 10.1 Å². The van der Waals surface area contributed by atoms with Crippen LogP contribution in [-0.2, 0) is 5.41 Å². The number of hydrogen-bond donors (Lipinski definition) is 1. The quantitative estimate of drug-likeness (QED) is 0.929. The number of fused-ring (bicyclic) bond motifs is 1. The maximum atomic E-state index is 5.86. The van der Waals surface area contributed by atoms with Crippen LogP contribution in [0.15, 0.2) is 48.5 Å². The Bertz CT molecular complexity index is 643. The summed E-state index contributed by atoms with van der Waals surface area (Å²) in [5.41, 5.74) is 4.46. The zero-order chi connectivity index (χ0) is 14.3. The van der Waals surface area contributed by atoms with Crippen molar-refractivity contribution in [3.05, 3.63) is 65.2 Å². The molecule has 0 bridgehead atoms. The van der Waals surface area contributed by atoms with Gasteiger partial charge in [-0.2, -0.15) is 0 Å². The summed E-state index contributed by atoms with van der Waals surface area (Å²) in [4.78, 5) is 0. The Kier molecular flexibility index (Phi) is 3.00. The minimum atomic E-state index is 0.277. The summed E-state index contributed by atoms with van der Waals surface area (Å²) >= 11 is 0. The fourth-order valence-electron chi connectivity index (χ4n) is 3.67. The van der Waals surface area contributed by atoms with Crippen LogP contribution in [0.4, 0.5) is 0 Å². The van der Waals surface area contributed by atoms with E-state index in [0.717, 1.165) is 25.4 Å². The molecule has 2 heteroatoms. The Hall–Kier alpha value is -1.80. The second-order valence-electron chi connectivity index (χ2n) is 6.50. The van der Waals surface area contributed by atoms with Crippen molar-refractivity contribution in [1.82, 2.24) is 5.32 Å². The van der Waals surface area contributed by atoms with Crippen LogP contribution in [-0.4, -0.2) is 19.7 Å². The van der Waals surface area contributed by atoms with Crippen LogP contribution in [0, 0.1) is 6.92 Å². The maximum absolute atomic E-state index is 5.86. The number of para-hydroxylation sites is 1. The van der Waals surface area contributed by atoms with E-state index in [4.69, 9.17) is 4.74 Å². The van der Waals surface area contributed by atoms with Gasteiger partial charge in [0, 0.05) is 30.0 Å². The van der Waals surface area contributed by atoms with E-state index in [1.807, 2.05) is 0 Å². The van der Waals surface area contributed by atoms with Gasteiger partial charge < -0.3 is 10.1 Å². The lowest BCUT2D eigenvalue weighted by Crippen LogP contribution is -2.57.